The van der Waals surface area contributed by atoms with Crippen LogP contribution in [-0.4, -0.2) is 87.5 Å². The van der Waals surface area contributed by atoms with E-state index in [0.717, 1.165) is 77.0 Å². The van der Waals surface area contributed by atoms with Gasteiger partial charge in [-0.15, -0.1) is 0 Å². The van der Waals surface area contributed by atoms with E-state index in [1.54, 1.807) is 6.08 Å². The number of ether oxygens (including phenoxy) is 2. The molecule has 0 bridgehead atoms. The van der Waals surface area contributed by atoms with Crippen molar-refractivity contribution in [3.05, 3.63) is 72.9 Å². The summed E-state index contributed by atoms with van der Waals surface area (Å²) < 4.78 is 11.2. The number of amides is 1. The predicted molar refractivity (Wildman–Crippen MR) is 276 cm³/mol. The third kappa shape index (κ3) is 35.7. The molecule has 0 radical (unpaired) electrons. The molecule has 382 valence electrons. The van der Waals surface area contributed by atoms with Gasteiger partial charge in [0.1, 0.15) is 24.4 Å². The molecule has 1 heterocycles. The normalized spacial score (nSPS) is 20.4. The van der Waals surface area contributed by atoms with E-state index in [1.165, 1.54) is 128 Å². The van der Waals surface area contributed by atoms with Crippen molar-refractivity contribution in [3.63, 3.8) is 0 Å². The number of carbonyl (C=O) groups excluding carboxylic acids is 1. The molecule has 1 fully saturated rings. The van der Waals surface area contributed by atoms with E-state index in [4.69, 9.17) is 9.47 Å². The zero-order valence-electron chi connectivity index (χ0n) is 42.2. The molecule has 0 saturated carbocycles. The maximum atomic E-state index is 13.0. The lowest BCUT2D eigenvalue weighted by molar-refractivity contribution is -0.302. The average molecular weight is 928 g/mol. The number of unbranched alkanes of at least 4 members (excludes halogenated alkanes) is 25. The van der Waals surface area contributed by atoms with Gasteiger partial charge in [0.05, 0.1) is 25.4 Å². The fourth-order valence-corrected chi connectivity index (χ4v) is 8.20. The molecule has 0 aromatic rings. The second-order valence-electron chi connectivity index (χ2n) is 18.6. The molecule has 1 aliphatic heterocycles. The molecule has 1 aliphatic rings. The first kappa shape index (κ1) is 61.6. The van der Waals surface area contributed by atoms with Crippen LogP contribution in [0.25, 0.3) is 0 Å². The van der Waals surface area contributed by atoms with Crippen LogP contribution in [0.5, 0.6) is 0 Å². The first-order chi connectivity index (χ1) is 32.3. The molecule has 1 amide bonds. The van der Waals surface area contributed by atoms with E-state index < -0.39 is 49.5 Å². The van der Waals surface area contributed by atoms with Crippen molar-refractivity contribution in [3.8, 4) is 0 Å². The minimum absolute atomic E-state index is 0.203. The SMILES string of the molecule is CC/C=C\C/C=C\C/C=C\CCCCCCCCCC(=O)NC(COC1OC(CO)C(O)C(O)C1O)C(O)/C=C/CC/C=C/CC/C=C/CCCCCCCCCCCCCCCCCC. The summed E-state index contributed by atoms with van der Waals surface area (Å²) >= 11 is 0. The smallest absolute Gasteiger partial charge is 0.220 e. The first-order valence-corrected chi connectivity index (χ1v) is 27.2. The molecule has 66 heavy (non-hydrogen) atoms. The number of carbonyl (C=O) groups is 1. The van der Waals surface area contributed by atoms with Crippen molar-refractivity contribution < 1.29 is 39.8 Å². The zero-order valence-corrected chi connectivity index (χ0v) is 42.2. The monoisotopic (exact) mass is 928 g/mol. The van der Waals surface area contributed by atoms with Crippen molar-refractivity contribution in [1.29, 1.82) is 0 Å². The van der Waals surface area contributed by atoms with E-state index in [9.17, 15) is 30.3 Å². The average Bonchev–Trinajstić information content (AvgIpc) is 3.32. The van der Waals surface area contributed by atoms with Crippen LogP contribution in [0.3, 0.4) is 0 Å². The van der Waals surface area contributed by atoms with Crippen LogP contribution in [-0.2, 0) is 14.3 Å². The lowest BCUT2D eigenvalue weighted by atomic mass is 9.99. The van der Waals surface area contributed by atoms with E-state index in [2.05, 4.69) is 79.9 Å². The molecule has 7 unspecified atom stereocenters. The van der Waals surface area contributed by atoms with E-state index in [0.29, 0.717) is 6.42 Å². The Morgan fingerprint density at radius 3 is 1.45 bits per heavy atom. The van der Waals surface area contributed by atoms with Crippen LogP contribution in [0.15, 0.2) is 72.9 Å². The van der Waals surface area contributed by atoms with Crippen LogP contribution in [0, 0.1) is 0 Å². The summed E-state index contributed by atoms with van der Waals surface area (Å²) in [7, 11) is 0. The number of aliphatic hydroxyl groups is 5. The van der Waals surface area contributed by atoms with Crippen LogP contribution >= 0.6 is 0 Å². The van der Waals surface area contributed by atoms with Gasteiger partial charge in [-0.1, -0.05) is 215 Å². The van der Waals surface area contributed by atoms with Gasteiger partial charge in [-0.05, 0) is 77.0 Å². The molecule has 0 aliphatic carbocycles. The standard InChI is InChI=1S/C57H101NO8/c1-3-5-7-9-11-13-15-17-19-21-22-23-24-25-26-27-28-29-31-32-34-36-38-40-42-44-46-51(60)50(49-65-57-56(64)55(63)54(62)52(48-59)66-57)58-53(61)47-45-43-41-39-37-35-33-30-20-18-16-14-12-10-8-6-4-2/h6,8,12,14,18,20,29,31,36,38,44,46,50-52,54-57,59-60,62-64H,3-5,7,9-11,13,15-17,19,21-28,30,32-35,37,39-43,45,47-49H2,1-2H3,(H,58,61)/b8-6-,14-12-,20-18-,31-29+,38-36+,46-44+. The molecular weight excluding hydrogens is 827 g/mol. The fourth-order valence-electron chi connectivity index (χ4n) is 8.20. The summed E-state index contributed by atoms with van der Waals surface area (Å²) in [5, 5.41) is 54.4. The lowest BCUT2D eigenvalue weighted by Gasteiger charge is -2.40. The molecule has 1 saturated heterocycles. The van der Waals surface area contributed by atoms with Gasteiger partial charge >= 0.3 is 0 Å². The van der Waals surface area contributed by atoms with Crippen LogP contribution in [0.1, 0.15) is 226 Å². The molecule has 9 heteroatoms. The number of hydrogen-bond donors (Lipinski definition) is 6. The quantitative estimate of drug-likeness (QED) is 0.0261. The Bertz CT molecular complexity index is 1260. The summed E-state index contributed by atoms with van der Waals surface area (Å²) in [6.45, 7) is 3.64. The van der Waals surface area contributed by atoms with Gasteiger partial charge in [0.2, 0.25) is 5.91 Å². The topological polar surface area (TPSA) is 149 Å². The molecule has 0 spiro atoms. The summed E-state index contributed by atoms with van der Waals surface area (Å²) in [4.78, 5) is 13.0. The molecule has 1 rings (SSSR count). The second kappa shape index (κ2) is 46.4. The molecule has 7 atom stereocenters. The van der Waals surface area contributed by atoms with Crippen molar-refractivity contribution in [2.45, 2.75) is 269 Å². The maximum Gasteiger partial charge on any atom is 0.220 e. The highest BCUT2D eigenvalue weighted by atomic mass is 16.7. The van der Waals surface area contributed by atoms with Crippen LogP contribution < -0.4 is 5.32 Å². The Balaban J connectivity index is 2.30. The Hall–Kier alpha value is -2.37. The Morgan fingerprint density at radius 1 is 0.530 bits per heavy atom. The van der Waals surface area contributed by atoms with Gasteiger partial charge in [0.15, 0.2) is 6.29 Å². The lowest BCUT2D eigenvalue weighted by Crippen LogP contribution is -2.60. The number of rotatable bonds is 45. The third-order valence-electron chi connectivity index (χ3n) is 12.5. The second-order valence-corrected chi connectivity index (χ2v) is 18.6. The van der Waals surface area contributed by atoms with Crippen molar-refractivity contribution in [2.24, 2.45) is 0 Å². The predicted octanol–water partition coefficient (Wildman–Crippen LogP) is 12.9. The minimum atomic E-state index is -1.58. The van der Waals surface area contributed by atoms with Crippen molar-refractivity contribution >= 4 is 5.91 Å². The van der Waals surface area contributed by atoms with Gasteiger partial charge in [-0.3, -0.25) is 4.79 Å². The molecule has 9 nitrogen and oxygen atoms in total. The molecular formula is C57H101NO8. The molecule has 0 aromatic carbocycles. The van der Waals surface area contributed by atoms with Crippen molar-refractivity contribution in [1.82, 2.24) is 5.32 Å². The van der Waals surface area contributed by atoms with Gasteiger partial charge < -0.3 is 40.3 Å². The zero-order chi connectivity index (χ0) is 48.0. The third-order valence-corrected chi connectivity index (χ3v) is 12.5. The van der Waals surface area contributed by atoms with Gasteiger partial charge in [0, 0.05) is 6.42 Å². The van der Waals surface area contributed by atoms with Gasteiger partial charge in [-0.25, -0.2) is 0 Å². The molecule has 0 aromatic heterocycles. The van der Waals surface area contributed by atoms with Gasteiger partial charge in [0.25, 0.3) is 0 Å². The minimum Gasteiger partial charge on any atom is -0.394 e. The number of allylic oxidation sites excluding steroid dienone is 11. The summed E-state index contributed by atoms with van der Waals surface area (Å²) in [6.07, 6.45) is 56.8. The van der Waals surface area contributed by atoms with Crippen LogP contribution in [0.2, 0.25) is 0 Å². The highest BCUT2D eigenvalue weighted by Gasteiger charge is 2.44. The summed E-state index contributed by atoms with van der Waals surface area (Å²) in [5.74, 6) is -0.203. The molecule has 6 N–H and O–H groups in total. The summed E-state index contributed by atoms with van der Waals surface area (Å²) in [6, 6.07) is -0.837. The largest absolute Gasteiger partial charge is 0.394 e. The first-order valence-electron chi connectivity index (χ1n) is 27.2. The maximum absolute atomic E-state index is 13.0. The van der Waals surface area contributed by atoms with E-state index >= 15 is 0 Å². The van der Waals surface area contributed by atoms with E-state index in [1.807, 2.05) is 6.08 Å². The van der Waals surface area contributed by atoms with E-state index in [-0.39, 0.29) is 12.5 Å². The van der Waals surface area contributed by atoms with Crippen LogP contribution in [0.4, 0.5) is 0 Å². The van der Waals surface area contributed by atoms with Gasteiger partial charge in [-0.2, -0.15) is 0 Å². The Morgan fingerprint density at radius 2 is 0.955 bits per heavy atom. The number of aliphatic hydroxyl groups excluding tert-OH is 5. The fraction of sp³-hybridized carbons (Fsp3) is 0.772. The van der Waals surface area contributed by atoms with Crippen molar-refractivity contribution in [2.75, 3.05) is 13.2 Å². The highest BCUT2D eigenvalue weighted by molar-refractivity contribution is 5.76. The summed E-state index contributed by atoms with van der Waals surface area (Å²) in [5.41, 5.74) is 0. The highest BCUT2D eigenvalue weighted by Crippen LogP contribution is 2.23. The number of hydrogen-bond acceptors (Lipinski definition) is 8. The number of nitrogens with one attached hydrogen (secondary N) is 1. The Kier molecular flexibility index (Phi) is 43.3. The Labute approximate surface area is 404 Å².